The summed E-state index contributed by atoms with van der Waals surface area (Å²) < 4.78 is 10.5. The highest BCUT2D eigenvalue weighted by atomic mass is 35.5. The molecule has 0 bridgehead atoms. The molecule has 2 atom stereocenters. The number of aliphatic hydroxyl groups is 1. The van der Waals surface area contributed by atoms with Gasteiger partial charge in [0.2, 0.25) is 0 Å². The van der Waals surface area contributed by atoms with Crippen LogP contribution >= 0.6 is 11.6 Å². The Kier molecular flexibility index (Phi) is 6.26. The molecule has 4 nitrogen and oxygen atoms in total. The molecule has 2 N–H and O–H groups in total. The molecule has 21 heavy (non-hydrogen) atoms. The van der Waals surface area contributed by atoms with Gasteiger partial charge in [-0.25, -0.2) is 0 Å². The molecule has 0 amide bonds. The van der Waals surface area contributed by atoms with E-state index < -0.39 is 6.10 Å². The summed E-state index contributed by atoms with van der Waals surface area (Å²) in [6, 6.07) is 11.4. The maximum Gasteiger partial charge on any atom is 0.129 e. The van der Waals surface area contributed by atoms with Crippen LogP contribution in [-0.2, 0) is 11.3 Å². The van der Waals surface area contributed by atoms with Crippen LogP contribution in [0.2, 0.25) is 5.02 Å². The SMILES string of the molecule is C[C@@H](NCC(O)COCc1ccco1)c1cccc(Cl)c1. The fraction of sp³-hybridized carbons (Fsp3) is 0.375. The molecule has 1 aromatic carbocycles. The van der Waals surface area contributed by atoms with Gasteiger partial charge in [0.1, 0.15) is 12.4 Å². The van der Waals surface area contributed by atoms with Crippen molar-refractivity contribution in [1.29, 1.82) is 0 Å². The molecule has 0 aliphatic heterocycles. The average molecular weight is 310 g/mol. The van der Waals surface area contributed by atoms with E-state index in [1.165, 1.54) is 0 Å². The third kappa shape index (κ3) is 5.52. The Hall–Kier alpha value is -1.33. The molecule has 2 rings (SSSR count). The maximum atomic E-state index is 9.88. The molecular weight excluding hydrogens is 290 g/mol. The second-order valence-corrected chi connectivity index (χ2v) is 5.37. The van der Waals surface area contributed by atoms with Crippen LogP contribution in [0.1, 0.15) is 24.3 Å². The largest absolute Gasteiger partial charge is 0.467 e. The van der Waals surface area contributed by atoms with Crippen molar-refractivity contribution >= 4 is 11.6 Å². The smallest absolute Gasteiger partial charge is 0.129 e. The minimum Gasteiger partial charge on any atom is -0.467 e. The highest BCUT2D eigenvalue weighted by molar-refractivity contribution is 6.30. The topological polar surface area (TPSA) is 54.6 Å². The molecule has 0 saturated heterocycles. The van der Waals surface area contributed by atoms with Gasteiger partial charge in [-0.15, -0.1) is 0 Å². The first-order valence-corrected chi connectivity index (χ1v) is 7.30. The van der Waals surface area contributed by atoms with E-state index >= 15 is 0 Å². The van der Waals surface area contributed by atoms with Crippen LogP contribution < -0.4 is 5.32 Å². The van der Waals surface area contributed by atoms with Gasteiger partial charge in [-0.2, -0.15) is 0 Å². The van der Waals surface area contributed by atoms with Gasteiger partial charge in [0, 0.05) is 17.6 Å². The number of furan rings is 1. The van der Waals surface area contributed by atoms with Crippen molar-refractivity contribution < 1.29 is 14.3 Å². The Bertz CT molecular complexity index is 530. The summed E-state index contributed by atoms with van der Waals surface area (Å²) in [4.78, 5) is 0. The first-order chi connectivity index (χ1) is 10.1. The van der Waals surface area contributed by atoms with Crippen LogP contribution in [0.5, 0.6) is 0 Å². The summed E-state index contributed by atoms with van der Waals surface area (Å²) >= 11 is 5.96. The van der Waals surface area contributed by atoms with Gasteiger partial charge in [0.15, 0.2) is 0 Å². The molecule has 1 aromatic heterocycles. The van der Waals surface area contributed by atoms with Gasteiger partial charge in [0.25, 0.3) is 0 Å². The fourth-order valence-corrected chi connectivity index (χ4v) is 2.15. The van der Waals surface area contributed by atoms with E-state index in [4.69, 9.17) is 20.8 Å². The molecule has 114 valence electrons. The van der Waals surface area contributed by atoms with E-state index in [2.05, 4.69) is 5.32 Å². The second-order valence-electron chi connectivity index (χ2n) is 4.93. The number of hydrogen-bond acceptors (Lipinski definition) is 4. The van der Waals surface area contributed by atoms with E-state index in [0.717, 1.165) is 11.3 Å². The molecule has 2 aromatic rings. The lowest BCUT2D eigenvalue weighted by molar-refractivity contribution is 0.0217. The van der Waals surface area contributed by atoms with Gasteiger partial charge < -0.3 is 19.6 Å². The van der Waals surface area contributed by atoms with Crippen molar-refractivity contribution in [2.24, 2.45) is 0 Å². The molecule has 0 spiro atoms. The molecule has 0 aliphatic carbocycles. The van der Waals surface area contributed by atoms with Crippen molar-refractivity contribution in [2.45, 2.75) is 25.7 Å². The maximum absolute atomic E-state index is 9.88. The Morgan fingerprint density at radius 3 is 2.90 bits per heavy atom. The van der Waals surface area contributed by atoms with Crippen LogP contribution in [0.3, 0.4) is 0 Å². The lowest BCUT2D eigenvalue weighted by Crippen LogP contribution is -2.32. The van der Waals surface area contributed by atoms with Crippen LogP contribution in [0.15, 0.2) is 47.1 Å². The minimum absolute atomic E-state index is 0.114. The summed E-state index contributed by atoms with van der Waals surface area (Å²) in [5, 5.41) is 13.9. The van der Waals surface area contributed by atoms with Gasteiger partial charge in [-0.1, -0.05) is 23.7 Å². The Morgan fingerprint density at radius 2 is 2.19 bits per heavy atom. The zero-order chi connectivity index (χ0) is 15.1. The summed E-state index contributed by atoms with van der Waals surface area (Å²) in [5.74, 6) is 0.752. The molecule has 0 fully saturated rings. The van der Waals surface area contributed by atoms with Gasteiger partial charge in [-0.3, -0.25) is 0 Å². The van der Waals surface area contributed by atoms with E-state index in [1.54, 1.807) is 6.26 Å². The Morgan fingerprint density at radius 1 is 1.33 bits per heavy atom. The molecule has 0 aliphatic rings. The lowest BCUT2D eigenvalue weighted by atomic mass is 10.1. The highest BCUT2D eigenvalue weighted by Crippen LogP contribution is 2.17. The standard InChI is InChI=1S/C16H20ClNO3/c1-12(13-4-2-5-14(17)8-13)18-9-15(19)10-20-11-16-6-3-7-21-16/h2-8,12,15,18-19H,9-11H2,1H3/t12-,15?/m1/s1. The number of aliphatic hydroxyl groups excluding tert-OH is 1. The lowest BCUT2D eigenvalue weighted by Gasteiger charge is -2.17. The quantitative estimate of drug-likeness (QED) is 0.786. The number of nitrogens with one attached hydrogen (secondary N) is 1. The number of benzene rings is 1. The van der Waals surface area contributed by atoms with Gasteiger partial charge in [-0.05, 0) is 36.8 Å². The molecule has 0 radical (unpaired) electrons. The zero-order valence-electron chi connectivity index (χ0n) is 12.0. The molecule has 1 heterocycles. The van der Waals surface area contributed by atoms with Crippen molar-refractivity contribution in [3.63, 3.8) is 0 Å². The monoisotopic (exact) mass is 309 g/mol. The minimum atomic E-state index is -0.568. The first-order valence-electron chi connectivity index (χ1n) is 6.92. The van der Waals surface area contributed by atoms with Crippen molar-refractivity contribution in [3.8, 4) is 0 Å². The van der Waals surface area contributed by atoms with Crippen LogP contribution in [0.25, 0.3) is 0 Å². The van der Waals surface area contributed by atoms with Crippen LogP contribution in [0, 0.1) is 0 Å². The fourth-order valence-electron chi connectivity index (χ4n) is 1.96. The highest BCUT2D eigenvalue weighted by Gasteiger charge is 2.09. The van der Waals surface area contributed by atoms with Crippen molar-refractivity contribution in [1.82, 2.24) is 5.32 Å². The molecule has 0 saturated carbocycles. The predicted molar refractivity (Wildman–Crippen MR) is 82.2 cm³/mol. The summed E-state index contributed by atoms with van der Waals surface area (Å²) in [7, 11) is 0. The number of hydrogen-bond donors (Lipinski definition) is 2. The third-order valence-electron chi connectivity index (χ3n) is 3.14. The van der Waals surface area contributed by atoms with E-state index in [1.807, 2.05) is 43.3 Å². The van der Waals surface area contributed by atoms with Gasteiger partial charge >= 0.3 is 0 Å². The van der Waals surface area contributed by atoms with Gasteiger partial charge in [0.05, 0.1) is 19.0 Å². The average Bonchev–Trinajstić information content (AvgIpc) is 2.98. The summed E-state index contributed by atoms with van der Waals surface area (Å²) in [5.41, 5.74) is 1.09. The molecular formula is C16H20ClNO3. The van der Waals surface area contributed by atoms with E-state index in [9.17, 15) is 5.11 Å². The normalized spacial score (nSPS) is 14.0. The first kappa shape index (κ1) is 16.0. The second kappa shape index (κ2) is 8.20. The Balaban J connectivity index is 1.67. The zero-order valence-corrected chi connectivity index (χ0v) is 12.7. The third-order valence-corrected chi connectivity index (χ3v) is 3.38. The van der Waals surface area contributed by atoms with E-state index in [-0.39, 0.29) is 12.6 Å². The summed E-state index contributed by atoms with van der Waals surface area (Å²) in [6.07, 6.45) is 1.03. The molecule has 1 unspecified atom stereocenters. The van der Waals surface area contributed by atoms with Crippen molar-refractivity contribution in [2.75, 3.05) is 13.2 Å². The van der Waals surface area contributed by atoms with Crippen LogP contribution in [-0.4, -0.2) is 24.4 Å². The summed E-state index contributed by atoms with van der Waals surface area (Å²) in [6.45, 7) is 3.11. The number of rotatable bonds is 8. The van der Waals surface area contributed by atoms with E-state index in [0.29, 0.717) is 18.2 Å². The number of halogens is 1. The van der Waals surface area contributed by atoms with Crippen LogP contribution in [0.4, 0.5) is 0 Å². The number of ether oxygens (including phenoxy) is 1. The van der Waals surface area contributed by atoms with Crippen molar-refractivity contribution in [3.05, 3.63) is 59.0 Å². The predicted octanol–water partition coefficient (Wildman–Crippen LogP) is 3.16. The molecule has 5 heteroatoms. The Labute approximate surface area is 129 Å².